The van der Waals surface area contributed by atoms with Crippen molar-refractivity contribution < 1.29 is 0 Å². The molecule has 0 unspecified atom stereocenters. The molecule has 3 nitrogen and oxygen atoms in total. The maximum atomic E-state index is 4.54. The van der Waals surface area contributed by atoms with Crippen LogP contribution in [0.3, 0.4) is 0 Å². The summed E-state index contributed by atoms with van der Waals surface area (Å²) in [7, 11) is 0. The van der Waals surface area contributed by atoms with Crippen molar-refractivity contribution in [1.29, 1.82) is 0 Å². The fourth-order valence-electron chi connectivity index (χ4n) is 6.51. The van der Waals surface area contributed by atoms with Gasteiger partial charge in [-0.1, -0.05) is 78.9 Å². The van der Waals surface area contributed by atoms with Gasteiger partial charge in [0.25, 0.3) is 0 Å². The van der Waals surface area contributed by atoms with Crippen molar-refractivity contribution in [2.75, 3.05) is 0 Å². The molecule has 0 fully saturated rings. The molecular weight excluding hydrogens is 510 g/mol. The van der Waals surface area contributed by atoms with E-state index in [4.69, 9.17) is 0 Å². The molecular formula is C39H25N3. The van der Waals surface area contributed by atoms with Crippen molar-refractivity contribution in [3.63, 3.8) is 0 Å². The van der Waals surface area contributed by atoms with Crippen LogP contribution in [0.2, 0.25) is 0 Å². The molecule has 0 radical (unpaired) electrons. The highest BCUT2D eigenvalue weighted by atomic mass is 15.0. The summed E-state index contributed by atoms with van der Waals surface area (Å²) in [6.07, 6.45) is 1.85. The molecule has 0 atom stereocenters. The van der Waals surface area contributed by atoms with E-state index in [1.807, 2.05) is 12.3 Å². The van der Waals surface area contributed by atoms with Crippen LogP contribution in [0.25, 0.3) is 82.5 Å². The number of hydrogen-bond donors (Lipinski definition) is 1. The molecule has 0 saturated carbocycles. The van der Waals surface area contributed by atoms with Crippen molar-refractivity contribution in [3.8, 4) is 27.9 Å². The molecule has 196 valence electrons. The van der Waals surface area contributed by atoms with Gasteiger partial charge in [0, 0.05) is 49.8 Å². The Labute approximate surface area is 242 Å². The zero-order valence-electron chi connectivity index (χ0n) is 22.8. The summed E-state index contributed by atoms with van der Waals surface area (Å²) in [6, 6.07) is 50.3. The third-order valence-electron chi connectivity index (χ3n) is 8.58. The number of nitrogens with one attached hydrogen (secondary N) is 1. The van der Waals surface area contributed by atoms with Crippen molar-refractivity contribution in [1.82, 2.24) is 14.5 Å². The standard InChI is InChI=1S/C39H25N3/c1-3-9-35-31(7-1)33-22-27(15-19-36(33)41-35)28-16-20-39-34(23-28)32-8-2-4-10-38(32)42(39)30-17-13-25(14-18-30)29-12-11-26-6-5-21-40-37(26)24-29/h1-24,41H. The Balaban J connectivity index is 1.17. The number of nitrogens with zero attached hydrogens (tertiary/aromatic N) is 2. The van der Waals surface area contributed by atoms with Crippen LogP contribution < -0.4 is 0 Å². The van der Waals surface area contributed by atoms with E-state index < -0.39 is 0 Å². The molecule has 1 N–H and O–H groups in total. The lowest BCUT2D eigenvalue weighted by Gasteiger charge is -2.10. The largest absolute Gasteiger partial charge is 0.355 e. The second-order valence-electron chi connectivity index (χ2n) is 11.0. The molecule has 0 aliphatic carbocycles. The first kappa shape index (κ1) is 23.1. The van der Waals surface area contributed by atoms with Gasteiger partial charge in [-0.25, -0.2) is 0 Å². The van der Waals surface area contributed by atoms with E-state index >= 15 is 0 Å². The fraction of sp³-hybridized carbons (Fsp3) is 0. The zero-order chi connectivity index (χ0) is 27.6. The van der Waals surface area contributed by atoms with Gasteiger partial charge in [-0.05, 0) is 82.9 Å². The number of para-hydroxylation sites is 2. The Morgan fingerprint density at radius 1 is 0.452 bits per heavy atom. The number of rotatable bonds is 3. The first-order chi connectivity index (χ1) is 20.8. The van der Waals surface area contributed by atoms with E-state index in [9.17, 15) is 0 Å². The topological polar surface area (TPSA) is 33.6 Å². The highest BCUT2D eigenvalue weighted by Gasteiger charge is 2.14. The molecule has 42 heavy (non-hydrogen) atoms. The maximum Gasteiger partial charge on any atom is 0.0708 e. The summed E-state index contributed by atoms with van der Waals surface area (Å²) in [5.74, 6) is 0. The Kier molecular flexibility index (Phi) is 4.90. The molecule has 0 saturated heterocycles. The minimum atomic E-state index is 1.01. The molecule has 9 aromatic rings. The Morgan fingerprint density at radius 2 is 1.12 bits per heavy atom. The lowest BCUT2D eigenvalue weighted by atomic mass is 10.0. The van der Waals surface area contributed by atoms with Gasteiger partial charge in [0.05, 0.1) is 16.6 Å². The minimum absolute atomic E-state index is 1.01. The van der Waals surface area contributed by atoms with E-state index in [1.54, 1.807) is 0 Å². The number of H-pyrrole nitrogens is 1. The van der Waals surface area contributed by atoms with Gasteiger partial charge in [0.1, 0.15) is 0 Å². The molecule has 0 bridgehead atoms. The van der Waals surface area contributed by atoms with E-state index in [1.165, 1.54) is 65.9 Å². The molecule has 6 aromatic carbocycles. The van der Waals surface area contributed by atoms with Gasteiger partial charge in [0.15, 0.2) is 0 Å². The number of aromatic amines is 1. The van der Waals surface area contributed by atoms with Gasteiger partial charge >= 0.3 is 0 Å². The Morgan fingerprint density at radius 3 is 2.02 bits per heavy atom. The summed E-state index contributed by atoms with van der Waals surface area (Å²) in [4.78, 5) is 8.09. The molecule has 0 amide bonds. The first-order valence-electron chi connectivity index (χ1n) is 14.3. The van der Waals surface area contributed by atoms with Crippen LogP contribution in [0.5, 0.6) is 0 Å². The third kappa shape index (κ3) is 3.50. The fourth-order valence-corrected chi connectivity index (χ4v) is 6.51. The highest BCUT2D eigenvalue weighted by Crippen LogP contribution is 2.37. The molecule has 0 aliphatic rings. The number of benzene rings is 6. The maximum absolute atomic E-state index is 4.54. The lowest BCUT2D eigenvalue weighted by Crippen LogP contribution is -1.93. The van der Waals surface area contributed by atoms with Crippen molar-refractivity contribution in [2.45, 2.75) is 0 Å². The second kappa shape index (κ2) is 8.92. The first-order valence-corrected chi connectivity index (χ1v) is 14.3. The lowest BCUT2D eigenvalue weighted by molar-refractivity contribution is 1.18. The second-order valence-corrected chi connectivity index (χ2v) is 11.0. The number of hydrogen-bond acceptors (Lipinski definition) is 1. The van der Waals surface area contributed by atoms with Crippen molar-refractivity contribution in [3.05, 3.63) is 146 Å². The highest BCUT2D eigenvalue weighted by molar-refractivity contribution is 6.12. The number of aromatic nitrogens is 3. The Hall–Kier alpha value is -5.67. The molecule has 9 rings (SSSR count). The van der Waals surface area contributed by atoms with Gasteiger partial charge in [-0.3, -0.25) is 4.98 Å². The Bertz CT molecular complexity index is 2460. The predicted molar refractivity (Wildman–Crippen MR) is 176 cm³/mol. The molecule has 3 aromatic heterocycles. The van der Waals surface area contributed by atoms with Crippen molar-refractivity contribution in [2.24, 2.45) is 0 Å². The molecule has 0 spiro atoms. The van der Waals surface area contributed by atoms with Crippen molar-refractivity contribution >= 4 is 54.5 Å². The van der Waals surface area contributed by atoms with Crippen LogP contribution in [0.4, 0.5) is 0 Å². The third-order valence-corrected chi connectivity index (χ3v) is 8.58. The zero-order valence-corrected chi connectivity index (χ0v) is 22.8. The smallest absolute Gasteiger partial charge is 0.0708 e. The van der Waals surface area contributed by atoms with Crippen LogP contribution >= 0.6 is 0 Å². The monoisotopic (exact) mass is 535 g/mol. The van der Waals surface area contributed by atoms with Gasteiger partial charge in [-0.15, -0.1) is 0 Å². The van der Waals surface area contributed by atoms with E-state index in [2.05, 4.69) is 148 Å². The average Bonchev–Trinajstić information content (AvgIpc) is 3.59. The van der Waals surface area contributed by atoms with E-state index in [-0.39, 0.29) is 0 Å². The van der Waals surface area contributed by atoms with Crippen LogP contribution in [0, 0.1) is 0 Å². The van der Waals surface area contributed by atoms with Gasteiger partial charge < -0.3 is 9.55 Å². The number of fused-ring (bicyclic) bond motifs is 7. The van der Waals surface area contributed by atoms with E-state index in [0.717, 1.165) is 16.6 Å². The summed E-state index contributed by atoms with van der Waals surface area (Å²) >= 11 is 0. The molecule has 3 heteroatoms. The summed E-state index contributed by atoms with van der Waals surface area (Å²) in [6.45, 7) is 0. The van der Waals surface area contributed by atoms with Crippen LogP contribution in [-0.2, 0) is 0 Å². The number of pyridine rings is 1. The van der Waals surface area contributed by atoms with Gasteiger partial charge in [0.2, 0.25) is 0 Å². The molecule has 0 aliphatic heterocycles. The summed E-state index contributed by atoms with van der Waals surface area (Å²) < 4.78 is 2.38. The SMILES string of the molecule is c1cnc2cc(-c3ccc(-n4c5ccccc5c5cc(-c6ccc7[nH]c8ccccc8c7c6)ccc54)cc3)ccc2c1. The summed E-state index contributed by atoms with van der Waals surface area (Å²) in [5.41, 5.74) is 11.7. The average molecular weight is 536 g/mol. The minimum Gasteiger partial charge on any atom is -0.355 e. The van der Waals surface area contributed by atoms with E-state index in [0.29, 0.717) is 0 Å². The molecule has 3 heterocycles. The van der Waals surface area contributed by atoms with Gasteiger partial charge in [-0.2, -0.15) is 0 Å². The summed E-state index contributed by atoms with van der Waals surface area (Å²) in [5, 5.41) is 6.19. The predicted octanol–water partition coefficient (Wildman–Crippen LogP) is 10.3. The normalized spacial score (nSPS) is 11.8. The quantitative estimate of drug-likeness (QED) is 0.240. The van der Waals surface area contributed by atoms with Crippen LogP contribution in [0.15, 0.2) is 146 Å². The van der Waals surface area contributed by atoms with Crippen LogP contribution in [-0.4, -0.2) is 14.5 Å². The van der Waals surface area contributed by atoms with Crippen LogP contribution in [0.1, 0.15) is 0 Å².